The van der Waals surface area contributed by atoms with Gasteiger partial charge in [-0.25, -0.2) is 0 Å². The Kier molecular flexibility index (Phi) is 2.34. The summed E-state index contributed by atoms with van der Waals surface area (Å²) in [6.07, 6.45) is 0. The Morgan fingerprint density at radius 3 is 2.20 bits per heavy atom. The molecule has 1 aliphatic heterocycles. The van der Waals surface area contributed by atoms with Crippen molar-refractivity contribution in [1.82, 2.24) is 0 Å². The summed E-state index contributed by atoms with van der Waals surface area (Å²) < 4.78 is 15.2. The predicted molar refractivity (Wildman–Crippen MR) is 38.4 cm³/mol. The molecule has 0 amide bonds. The highest BCUT2D eigenvalue weighted by atomic mass is 16.7. The van der Waals surface area contributed by atoms with Crippen molar-refractivity contribution in [2.24, 2.45) is 5.41 Å². The number of rotatable bonds is 1. The Labute approximate surface area is 61.8 Å². The maximum Gasteiger partial charge on any atom is 0.639 e. The van der Waals surface area contributed by atoms with Crippen molar-refractivity contribution in [2.75, 3.05) is 20.3 Å². The van der Waals surface area contributed by atoms with E-state index in [1.807, 2.05) is 0 Å². The Bertz CT molecular complexity index is 106. The lowest BCUT2D eigenvalue weighted by Crippen LogP contribution is -2.41. The van der Waals surface area contributed by atoms with Crippen molar-refractivity contribution in [2.45, 2.75) is 13.8 Å². The lowest BCUT2D eigenvalue weighted by atomic mass is 9.93. The highest BCUT2D eigenvalue weighted by Crippen LogP contribution is 2.21. The molecule has 0 aliphatic carbocycles. The summed E-state index contributed by atoms with van der Waals surface area (Å²) in [7, 11) is 1.12. The van der Waals surface area contributed by atoms with Gasteiger partial charge >= 0.3 is 7.32 Å². The highest BCUT2D eigenvalue weighted by molar-refractivity contribution is 6.36. The molecule has 58 valence electrons. The molecule has 0 aromatic heterocycles. The summed E-state index contributed by atoms with van der Waals surface area (Å²) in [5.74, 6) is 0. The molecule has 0 N–H and O–H groups in total. The summed E-state index contributed by atoms with van der Waals surface area (Å²) in [6.45, 7) is 5.59. The SMILES string of the molecule is COB1OCC(C)(C)CO1. The van der Waals surface area contributed by atoms with E-state index >= 15 is 0 Å². The monoisotopic (exact) mass is 144 g/mol. The van der Waals surface area contributed by atoms with Gasteiger partial charge in [0.05, 0.1) is 0 Å². The fourth-order valence-corrected chi connectivity index (χ4v) is 0.813. The van der Waals surface area contributed by atoms with Crippen LogP contribution in [0.1, 0.15) is 13.8 Å². The van der Waals surface area contributed by atoms with E-state index in [4.69, 9.17) is 14.0 Å². The summed E-state index contributed by atoms with van der Waals surface area (Å²) >= 11 is 0. The van der Waals surface area contributed by atoms with Crippen molar-refractivity contribution in [3.05, 3.63) is 0 Å². The standard InChI is InChI=1S/C6H13BO3/c1-6(2)4-9-7(8-3)10-5-6/h4-5H2,1-3H3. The van der Waals surface area contributed by atoms with Crippen LogP contribution in [-0.4, -0.2) is 27.6 Å². The summed E-state index contributed by atoms with van der Waals surface area (Å²) in [4.78, 5) is 0. The minimum atomic E-state index is -0.451. The van der Waals surface area contributed by atoms with Gasteiger partial charge in [0.2, 0.25) is 0 Å². The fourth-order valence-electron chi connectivity index (χ4n) is 0.813. The Morgan fingerprint density at radius 2 is 1.80 bits per heavy atom. The van der Waals surface area contributed by atoms with E-state index in [1.165, 1.54) is 0 Å². The Hall–Kier alpha value is -0.0551. The van der Waals surface area contributed by atoms with Gasteiger partial charge in [0, 0.05) is 25.7 Å². The largest absolute Gasteiger partial charge is 0.639 e. The average Bonchev–Trinajstić information content (AvgIpc) is 1.88. The van der Waals surface area contributed by atoms with Crippen molar-refractivity contribution in [3.8, 4) is 0 Å². The van der Waals surface area contributed by atoms with E-state index < -0.39 is 7.32 Å². The molecule has 1 saturated heterocycles. The smallest absolute Gasteiger partial charge is 0.389 e. The molecule has 0 aromatic rings. The van der Waals surface area contributed by atoms with Crippen LogP contribution in [0.25, 0.3) is 0 Å². The van der Waals surface area contributed by atoms with Gasteiger partial charge < -0.3 is 14.0 Å². The minimum absolute atomic E-state index is 0.134. The first-order valence-electron chi connectivity index (χ1n) is 3.40. The molecular weight excluding hydrogens is 131 g/mol. The molecule has 0 saturated carbocycles. The minimum Gasteiger partial charge on any atom is -0.389 e. The van der Waals surface area contributed by atoms with Crippen LogP contribution in [0.2, 0.25) is 0 Å². The third-order valence-corrected chi connectivity index (χ3v) is 1.41. The van der Waals surface area contributed by atoms with Crippen LogP contribution < -0.4 is 0 Å². The zero-order chi connectivity index (χ0) is 7.61. The average molecular weight is 144 g/mol. The van der Waals surface area contributed by atoms with E-state index in [0.29, 0.717) is 13.2 Å². The number of hydrogen-bond donors (Lipinski definition) is 0. The second kappa shape index (κ2) is 2.90. The van der Waals surface area contributed by atoms with Crippen LogP contribution in [0.5, 0.6) is 0 Å². The molecule has 0 aromatic carbocycles. The van der Waals surface area contributed by atoms with Gasteiger partial charge in [-0.2, -0.15) is 0 Å². The molecule has 1 fully saturated rings. The van der Waals surface area contributed by atoms with Crippen LogP contribution in [0, 0.1) is 5.41 Å². The van der Waals surface area contributed by atoms with E-state index in [0.717, 1.165) is 0 Å². The Morgan fingerprint density at radius 1 is 1.30 bits per heavy atom. The van der Waals surface area contributed by atoms with E-state index in [-0.39, 0.29) is 5.41 Å². The highest BCUT2D eigenvalue weighted by Gasteiger charge is 2.32. The normalized spacial score (nSPS) is 24.9. The van der Waals surface area contributed by atoms with Gasteiger partial charge in [-0.3, -0.25) is 0 Å². The maximum atomic E-state index is 5.20. The lowest BCUT2D eigenvalue weighted by molar-refractivity contribution is -0.0114. The van der Waals surface area contributed by atoms with Gasteiger partial charge in [-0.05, 0) is 0 Å². The first kappa shape index (κ1) is 8.05. The molecular formula is C6H13BO3. The van der Waals surface area contributed by atoms with Crippen molar-refractivity contribution < 1.29 is 14.0 Å². The van der Waals surface area contributed by atoms with Crippen molar-refractivity contribution >= 4 is 7.32 Å². The fraction of sp³-hybridized carbons (Fsp3) is 1.00. The van der Waals surface area contributed by atoms with Crippen LogP contribution in [0.3, 0.4) is 0 Å². The lowest BCUT2D eigenvalue weighted by Gasteiger charge is -2.31. The molecule has 0 radical (unpaired) electrons. The molecule has 1 aliphatic rings. The molecule has 0 atom stereocenters. The number of hydrogen-bond acceptors (Lipinski definition) is 3. The topological polar surface area (TPSA) is 27.7 Å². The molecule has 0 bridgehead atoms. The van der Waals surface area contributed by atoms with Crippen molar-refractivity contribution in [1.29, 1.82) is 0 Å². The molecule has 4 heteroatoms. The summed E-state index contributed by atoms with van der Waals surface area (Å²) in [6, 6.07) is 0. The van der Waals surface area contributed by atoms with Crippen LogP contribution in [-0.2, 0) is 14.0 Å². The van der Waals surface area contributed by atoms with Gasteiger partial charge in [0.25, 0.3) is 0 Å². The zero-order valence-electron chi connectivity index (χ0n) is 6.72. The first-order valence-corrected chi connectivity index (χ1v) is 3.40. The van der Waals surface area contributed by atoms with Gasteiger partial charge in [-0.1, -0.05) is 13.8 Å². The van der Waals surface area contributed by atoms with E-state index in [1.54, 1.807) is 7.11 Å². The van der Waals surface area contributed by atoms with Gasteiger partial charge in [0.15, 0.2) is 0 Å². The second-order valence-electron chi connectivity index (χ2n) is 3.31. The maximum absolute atomic E-state index is 5.20. The molecule has 3 nitrogen and oxygen atoms in total. The van der Waals surface area contributed by atoms with Crippen LogP contribution in [0.15, 0.2) is 0 Å². The molecule has 1 heterocycles. The third-order valence-electron chi connectivity index (χ3n) is 1.41. The summed E-state index contributed by atoms with van der Waals surface area (Å²) in [5, 5.41) is 0. The molecule has 0 unspecified atom stereocenters. The molecule has 10 heavy (non-hydrogen) atoms. The quantitative estimate of drug-likeness (QED) is 0.506. The molecule has 0 spiro atoms. The molecule has 1 rings (SSSR count). The van der Waals surface area contributed by atoms with Crippen molar-refractivity contribution in [3.63, 3.8) is 0 Å². The summed E-state index contributed by atoms with van der Waals surface area (Å²) in [5.41, 5.74) is 0.134. The van der Waals surface area contributed by atoms with E-state index in [9.17, 15) is 0 Å². The van der Waals surface area contributed by atoms with Crippen LogP contribution in [0.4, 0.5) is 0 Å². The van der Waals surface area contributed by atoms with Gasteiger partial charge in [0.1, 0.15) is 0 Å². The predicted octanol–water partition coefficient (Wildman–Crippen LogP) is 0.691. The van der Waals surface area contributed by atoms with Gasteiger partial charge in [-0.15, -0.1) is 0 Å². The zero-order valence-corrected chi connectivity index (χ0v) is 6.72. The first-order chi connectivity index (χ1) is 4.64. The van der Waals surface area contributed by atoms with Crippen LogP contribution >= 0.6 is 0 Å². The second-order valence-corrected chi connectivity index (χ2v) is 3.31. The third kappa shape index (κ3) is 1.97. The van der Waals surface area contributed by atoms with E-state index in [2.05, 4.69) is 13.8 Å². The Balaban J connectivity index is 2.31.